The summed E-state index contributed by atoms with van der Waals surface area (Å²) in [5.41, 5.74) is 11.3. The zero-order valence-electron chi connectivity index (χ0n) is 24.6. The van der Waals surface area contributed by atoms with Gasteiger partial charge in [0.15, 0.2) is 0 Å². The maximum absolute atomic E-state index is 13.3. The maximum Gasteiger partial charge on any atom is 0.239 e. The molecule has 2 aliphatic heterocycles. The SMILES string of the molecule is CCOc1ccc(O)cc1CN1CCN(C(=O)[C@H](N)C2CCN(CCc3cc(Cl)ccc3-c3ccccc3)CC2)CC1. The molecule has 2 aliphatic rings. The number of carbonyl (C=O) groups is 1. The van der Waals surface area contributed by atoms with Gasteiger partial charge in [-0.2, -0.15) is 0 Å². The van der Waals surface area contributed by atoms with Crippen LogP contribution in [0.1, 0.15) is 30.9 Å². The van der Waals surface area contributed by atoms with Gasteiger partial charge in [0.2, 0.25) is 5.91 Å². The number of hydrogen-bond donors (Lipinski definition) is 2. The fourth-order valence-corrected chi connectivity index (χ4v) is 6.44. The third kappa shape index (κ3) is 7.64. The molecule has 8 heteroatoms. The number of phenols is 1. The van der Waals surface area contributed by atoms with Crippen LogP contribution in [0.3, 0.4) is 0 Å². The first-order valence-corrected chi connectivity index (χ1v) is 15.6. The van der Waals surface area contributed by atoms with Crippen LogP contribution in [-0.4, -0.2) is 84.2 Å². The number of aromatic hydroxyl groups is 1. The maximum atomic E-state index is 13.3. The smallest absolute Gasteiger partial charge is 0.239 e. The topological polar surface area (TPSA) is 82.3 Å². The van der Waals surface area contributed by atoms with Gasteiger partial charge in [0, 0.05) is 49.9 Å². The summed E-state index contributed by atoms with van der Waals surface area (Å²) < 4.78 is 5.74. The molecule has 3 N–H and O–H groups in total. The summed E-state index contributed by atoms with van der Waals surface area (Å²) in [4.78, 5) is 20.1. The summed E-state index contributed by atoms with van der Waals surface area (Å²) >= 11 is 6.36. The average Bonchev–Trinajstić information content (AvgIpc) is 3.02. The molecule has 0 bridgehead atoms. The van der Waals surface area contributed by atoms with E-state index in [2.05, 4.69) is 46.2 Å². The highest BCUT2D eigenvalue weighted by Gasteiger charge is 2.33. The third-order valence-corrected chi connectivity index (χ3v) is 8.93. The van der Waals surface area contributed by atoms with Crippen LogP contribution in [0.4, 0.5) is 0 Å². The molecule has 0 aliphatic carbocycles. The number of likely N-dealkylation sites (tertiary alicyclic amines) is 1. The molecule has 1 atom stereocenters. The molecule has 2 heterocycles. The molecule has 7 nitrogen and oxygen atoms in total. The van der Waals surface area contributed by atoms with E-state index in [0.717, 1.165) is 68.3 Å². The van der Waals surface area contributed by atoms with Crippen LogP contribution in [-0.2, 0) is 17.8 Å². The lowest BCUT2D eigenvalue weighted by molar-refractivity contribution is -0.136. The Labute approximate surface area is 254 Å². The molecule has 0 unspecified atom stereocenters. The number of piperazine rings is 1. The number of piperidine rings is 1. The van der Waals surface area contributed by atoms with Gasteiger partial charge in [0.1, 0.15) is 11.5 Å². The van der Waals surface area contributed by atoms with Gasteiger partial charge in [-0.15, -0.1) is 0 Å². The predicted octanol–water partition coefficient (Wildman–Crippen LogP) is 5.04. The number of halogens is 1. The molecule has 224 valence electrons. The molecule has 3 aromatic carbocycles. The molecule has 0 aromatic heterocycles. The fourth-order valence-electron chi connectivity index (χ4n) is 6.25. The molecule has 5 rings (SSSR count). The number of rotatable bonds is 10. The van der Waals surface area contributed by atoms with Crippen LogP contribution in [0.2, 0.25) is 5.02 Å². The number of phenolic OH excluding ortho intramolecular Hbond substituents is 1. The van der Waals surface area contributed by atoms with Crippen molar-refractivity contribution in [2.45, 2.75) is 38.8 Å². The monoisotopic (exact) mass is 590 g/mol. The van der Waals surface area contributed by atoms with E-state index in [1.54, 1.807) is 12.1 Å². The van der Waals surface area contributed by atoms with Crippen LogP contribution in [0.15, 0.2) is 66.7 Å². The van der Waals surface area contributed by atoms with Crippen molar-refractivity contribution in [1.82, 2.24) is 14.7 Å². The predicted molar refractivity (Wildman–Crippen MR) is 169 cm³/mol. The van der Waals surface area contributed by atoms with Crippen molar-refractivity contribution in [3.63, 3.8) is 0 Å². The number of ether oxygens (including phenoxy) is 1. The molecule has 0 radical (unpaired) electrons. The van der Waals surface area contributed by atoms with Crippen molar-refractivity contribution in [2.75, 3.05) is 52.4 Å². The summed E-state index contributed by atoms with van der Waals surface area (Å²) in [6.45, 7) is 8.94. The van der Waals surface area contributed by atoms with Crippen molar-refractivity contribution < 1.29 is 14.6 Å². The van der Waals surface area contributed by atoms with Crippen LogP contribution >= 0.6 is 11.6 Å². The summed E-state index contributed by atoms with van der Waals surface area (Å²) in [7, 11) is 0. The Morgan fingerprint density at radius 3 is 2.40 bits per heavy atom. The Balaban J connectivity index is 1.08. The minimum absolute atomic E-state index is 0.0758. The first-order valence-electron chi connectivity index (χ1n) is 15.2. The Morgan fingerprint density at radius 2 is 1.69 bits per heavy atom. The van der Waals surface area contributed by atoms with Crippen LogP contribution in [0.5, 0.6) is 11.5 Å². The number of amides is 1. The second kappa shape index (κ2) is 14.4. The van der Waals surface area contributed by atoms with E-state index < -0.39 is 6.04 Å². The van der Waals surface area contributed by atoms with E-state index >= 15 is 0 Å². The number of benzene rings is 3. The van der Waals surface area contributed by atoms with E-state index in [1.165, 1.54) is 16.7 Å². The highest BCUT2D eigenvalue weighted by Crippen LogP contribution is 2.29. The number of nitrogens with two attached hydrogens (primary N) is 1. The lowest BCUT2D eigenvalue weighted by Gasteiger charge is -2.39. The second-order valence-electron chi connectivity index (χ2n) is 11.4. The largest absolute Gasteiger partial charge is 0.508 e. The van der Waals surface area contributed by atoms with E-state index in [-0.39, 0.29) is 17.6 Å². The zero-order valence-corrected chi connectivity index (χ0v) is 25.3. The summed E-state index contributed by atoms with van der Waals surface area (Å²) in [6, 6.07) is 21.4. The van der Waals surface area contributed by atoms with Gasteiger partial charge < -0.3 is 25.4 Å². The Morgan fingerprint density at radius 1 is 0.952 bits per heavy atom. The van der Waals surface area contributed by atoms with E-state index in [9.17, 15) is 9.90 Å². The Kier molecular flexibility index (Phi) is 10.4. The lowest BCUT2D eigenvalue weighted by atomic mass is 9.88. The minimum atomic E-state index is -0.452. The number of nitrogens with zero attached hydrogens (tertiary/aromatic N) is 3. The molecular weight excluding hydrogens is 548 g/mol. The molecule has 42 heavy (non-hydrogen) atoms. The van der Waals surface area contributed by atoms with E-state index in [4.69, 9.17) is 22.1 Å². The van der Waals surface area contributed by atoms with Gasteiger partial charge in [-0.1, -0.05) is 48.0 Å². The van der Waals surface area contributed by atoms with Crippen LogP contribution in [0.25, 0.3) is 11.1 Å². The summed E-state index contributed by atoms with van der Waals surface area (Å²) in [6.07, 6.45) is 2.80. The van der Waals surface area contributed by atoms with Gasteiger partial charge in [0.05, 0.1) is 12.6 Å². The normalized spacial score (nSPS) is 17.7. The van der Waals surface area contributed by atoms with Gasteiger partial charge in [-0.3, -0.25) is 9.69 Å². The van der Waals surface area contributed by atoms with Gasteiger partial charge >= 0.3 is 0 Å². The first kappa shape index (κ1) is 30.4. The summed E-state index contributed by atoms with van der Waals surface area (Å²) in [5.74, 6) is 1.32. The van der Waals surface area contributed by atoms with Gasteiger partial charge in [-0.25, -0.2) is 0 Å². The molecule has 0 saturated carbocycles. The number of hydrogen-bond acceptors (Lipinski definition) is 6. The van der Waals surface area contributed by atoms with Crippen molar-refractivity contribution in [3.05, 3.63) is 82.9 Å². The van der Waals surface area contributed by atoms with Crippen LogP contribution < -0.4 is 10.5 Å². The van der Waals surface area contributed by atoms with Gasteiger partial charge in [0.25, 0.3) is 0 Å². The Bertz CT molecular complexity index is 1320. The highest BCUT2D eigenvalue weighted by molar-refractivity contribution is 6.30. The third-order valence-electron chi connectivity index (χ3n) is 8.70. The molecular formula is C34H43ClN4O3. The molecule has 2 saturated heterocycles. The molecule has 3 aromatic rings. The lowest BCUT2D eigenvalue weighted by Crippen LogP contribution is -2.55. The zero-order chi connectivity index (χ0) is 29.5. The Hall–Kier alpha value is -3.10. The second-order valence-corrected chi connectivity index (χ2v) is 11.9. The van der Waals surface area contributed by atoms with Gasteiger partial charge in [-0.05, 0) is 92.2 Å². The standard InChI is InChI=1S/C34H43ClN4O3/c1-2-42-32-11-9-30(40)23-28(32)24-38-18-20-39(21-19-38)34(41)33(36)26-12-15-37(16-13-26)17-14-27-22-29(35)8-10-31(27)25-6-4-3-5-7-25/h3-11,22-23,26,33,40H,2,12-21,24,36H2,1H3/t33-/m1/s1. The molecule has 2 fully saturated rings. The van der Waals surface area contributed by atoms with Crippen molar-refractivity contribution in [3.8, 4) is 22.6 Å². The first-order chi connectivity index (χ1) is 20.4. The average molecular weight is 591 g/mol. The quantitative estimate of drug-likeness (QED) is 0.344. The van der Waals surface area contributed by atoms with E-state index in [0.29, 0.717) is 26.2 Å². The molecule has 0 spiro atoms. The highest BCUT2D eigenvalue weighted by atomic mass is 35.5. The minimum Gasteiger partial charge on any atom is -0.508 e. The number of carbonyl (C=O) groups excluding carboxylic acids is 1. The van der Waals surface area contributed by atoms with Crippen molar-refractivity contribution in [1.29, 1.82) is 0 Å². The summed E-state index contributed by atoms with van der Waals surface area (Å²) in [5, 5.41) is 10.7. The van der Waals surface area contributed by atoms with Crippen LogP contribution in [0, 0.1) is 5.92 Å². The molecule has 1 amide bonds. The van der Waals surface area contributed by atoms with Crippen molar-refractivity contribution in [2.24, 2.45) is 11.7 Å². The van der Waals surface area contributed by atoms with Crippen molar-refractivity contribution >= 4 is 17.5 Å². The fraction of sp³-hybridized carbons (Fsp3) is 0.441. The van der Waals surface area contributed by atoms with E-state index in [1.807, 2.05) is 30.0 Å².